The molecule has 1 aliphatic heterocycles. The number of nitrogens with one attached hydrogen (secondary N) is 1. The number of nitrogens with zero attached hydrogens (tertiary/aromatic N) is 2. The van der Waals surface area contributed by atoms with E-state index in [4.69, 9.17) is 0 Å². The van der Waals surface area contributed by atoms with Gasteiger partial charge >= 0.3 is 0 Å². The number of fused-ring (bicyclic) bond motifs is 10. The highest BCUT2D eigenvalue weighted by Crippen LogP contribution is 2.56. The molecule has 0 fully saturated rings. The Bertz CT molecular complexity index is 2540. The quantitative estimate of drug-likeness (QED) is 0.195. The third kappa shape index (κ3) is 3.73. The molecule has 7 aromatic rings. The molecule has 3 heteroatoms. The zero-order valence-corrected chi connectivity index (χ0v) is 27.2. The van der Waals surface area contributed by atoms with Crippen molar-refractivity contribution in [2.45, 2.75) is 38.3 Å². The average molecular weight is 619 g/mol. The number of amidine groups is 1. The highest BCUT2D eigenvalue weighted by Gasteiger charge is 2.42. The van der Waals surface area contributed by atoms with Gasteiger partial charge in [0.25, 0.3) is 12.0 Å². The molecule has 1 aromatic heterocycles. The molecule has 2 aliphatic carbocycles. The molecule has 48 heavy (non-hydrogen) atoms. The largest absolute Gasteiger partial charge is 0.309 e. The van der Waals surface area contributed by atoms with Crippen LogP contribution in [0.3, 0.4) is 0 Å². The number of para-hydroxylation sites is 1. The van der Waals surface area contributed by atoms with Gasteiger partial charge in [0.05, 0.1) is 16.6 Å². The molecule has 3 aliphatic rings. The van der Waals surface area contributed by atoms with Gasteiger partial charge in [-0.05, 0) is 82.9 Å². The first kappa shape index (κ1) is 27.4. The van der Waals surface area contributed by atoms with Crippen molar-refractivity contribution < 1.29 is 4.58 Å². The molecular formula is C45H36N3+. The minimum absolute atomic E-state index is 0.117. The second kappa shape index (κ2) is 10.2. The summed E-state index contributed by atoms with van der Waals surface area (Å²) in [6.07, 6.45) is 9.27. The molecule has 3 nitrogen and oxygen atoms in total. The van der Waals surface area contributed by atoms with Crippen LogP contribution in [0.5, 0.6) is 0 Å². The first-order valence-corrected chi connectivity index (χ1v) is 17.1. The van der Waals surface area contributed by atoms with Gasteiger partial charge in [-0.1, -0.05) is 117 Å². The number of benzene rings is 6. The summed E-state index contributed by atoms with van der Waals surface area (Å²) in [6, 6.07) is 46.9. The molecule has 1 atom stereocenters. The van der Waals surface area contributed by atoms with Crippen LogP contribution in [0.25, 0.3) is 49.4 Å². The SMILES string of the molecule is CC1(C)c2ccccc2-c2c1c1c3ccccc3n(-c3ccc([N+]4=C(c5ccccc5)NC4C4=CCCC=C4)cc3)c1c1ccccc21. The van der Waals surface area contributed by atoms with Crippen molar-refractivity contribution in [2.75, 3.05) is 0 Å². The molecule has 1 N–H and O–H groups in total. The lowest BCUT2D eigenvalue weighted by Gasteiger charge is -2.30. The minimum Gasteiger partial charge on any atom is -0.309 e. The molecule has 0 bridgehead atoms. The van der Waals surface area contributed by atoms with Crippen LogP contribution in [-0.4, -0.2) is 21.1 Å². The van der Waals surface area contributed by atoms with Gasteiger partial charge in [-0.15, -0.1) is 0 Å². The third-order valence-electron chi connectivity index (χ3n) is 10.9. The Hall–Kier alpha value is -5.67. The second-order valence-electron chi connectivity index (χ2n) is 13.9. The predicted octanol–water partition coefficient (Wildman–Crippen LogP) is 10.5. The normalized spacial score (nSPS) is 17.7. The van der Waals surface area contributed by atoms with Crippen molar-refractivity contribution in [3.05, 3.63) is 168 Å². The Kier molecular flexibility index (Phi) is 5.81. The van der Waals surface area contributed by atoms with Gasteiger partial charge in [0.1, 0.15) is 5.69 Å². The molecule has 0 saturated heterocycles. The van der Waals surface area contributed by atoms with Gasteiger partial charge < -0.3 is 4.57 Å². The maximum atomic E-state index is 3.78. The van der Waals surface area contributed by atoms with Crippen LogP contribution < -0.4 is 5.32 Å². The van der Waals surface area contributed by atoms with Crippen molar-refractivity contribution in [1.29, 1.82) is 0 Å². The van der Waals surface area contributed by atoms with Gasteiger partial charge in [0.15, 0.2) is 0 Å². The van der Waals surface area contributed by atoms with Gasteiger partial charge in [-0.25, -0.2) is 5.32 Å². The number of hydrogen-bond acceptors (Lipinski definition) is 1. The van der Waals surface area contributed by atoms with Crippen molar-refractivity contribution in [2.24, 2.45) is 0 Å². The summed E-state index contributed by atoms with van der Waals surface area (Å²) in [5.41, 5.74) is 12.9. The monoisotopic (exact) mass is 618 g/mol. The Morgan fingerprint density at radius 2 is 1.42 bits per heavy atom. The molecule has 0 amide bonds. The topological polar surface area (TPSA) is 20.0 Å². The molecule has 0 spiro atoms. The number of aromatic nitrogens is 1. The van der Waals surface area contributed by atoms with Crippen molar-refractivity contribution >= 4 is 44.1 Å². The van der Waals surface area contributed by atoms with Crippen LogP contribution in [-0.2, 0) is 5.41 Å². The molecule has 10 rings (SSSR count). The van der Waals surface area contributed by atoms with Crippen LogP contribution in [0.2, 0.25) is 0 Å². The molecule has 2 heterocycles. The molecule has 6 aromatic carbocycles. The van der Waals surface area contributed by atoms with E-state index in [2.05, 4.69) is 174 Å². The molecular weight excluding hydrogens is 583 g/mol. The van der Waals surface area contributed by atoms with Gasteiger partial charge in [-0.2, -0.15) is 4.58 Å². The predicted molar refractivity (Wildman–Crippen MR) is 200 cm³/mol. The third-order valence-corrected chi connectivity index (χ3v) is 10.9. The van der Waals surface area contributed by atoms with Gasteiger partial charge in [0.2, 0.25) is 0 Å². The van der Waals surface area contributed by atoms with Crippen LogP contribution in [0.1, 0.15) is 43.4 Å². The molecule has 1 unspecified atom stereocenters. The zero-order valence-electron chi connectivity index (χ0n) is 27.2. The summed E-state index contributed by atoms with van der Waals surface area (Å²) in [5.74, 6) is 1.15. The van der Waals surface area contributed by atoms with Crippen LogP contribution >= 0.6 is 0 Å². The maximum absolute atomic E-state index is 3.78. The lowest BCUT2D eigenvalue weighted by atomic mass is 9.79. The van der Waals surface area contributed by atoms with Crippen molar-refractivity contribution in [1.82, 2.24) is 9.88 Å². The molecule has 0 radical (unpaired) electrons. The van der Waals surface area contributed by atoms with E-state index in [9.17, 15) is 0 Å². The maximum Gasteiger partial charge on any atom is 0.289 e. The lowest BCUT2D eigenvalue weighted by molar-refractivity contribution is -0.511. The smallest absolute Gasteiger partial charge is 0.289 e. The average Bonchev–Trinajstić information content (AvgIpc) is 3.59. The number of rotatable bonds is 4. The van der Waals surface area contributed by atoms with Crippen LogP contribution in [0, 0.1) is 0 Å². The van der Waals surface area contributed by atoms with Crippen LogP contribution in [0.4, 0.5) is 5.69 Å². The van der Waals surface area contributed by atoms with E-state index in [1.54, 1.807) is 0 Å². The first-order chi connectivity index (χ1) is 23.6. The lowest BCUT2D eigenvalue weighted by Crippen LogP contribution is -2.58. The number of hydrogen-bond donors (Lipinski definition) is 1. The Labute approximate surface area is 280 Å². The molecule has 230 valence electrons. The fraction of sp³-hybridized carbons (Fsp3) is 0.133. The standard InChI is InChI=1S/C45H35N3/c1-45(2)37-23-13-11-21-35(37)39-33-19-9-10-20-34(33)42-40(41(39)45)36-22-12-14-24-38(36)47(42)31-25-27-32(28-26-31)48-43(29-15-5-3-6-16-29)46-44(48)30-17-7-4-8-18-30/h3,5-7,9-28,44H,4,8H2,1-2H3/p+1. The molecule has 0 saturated carbocycles. The number of allylic oxidation sites excluding steroid dienone is 2. The van der Waals surface area contributed by atoms with E-state index in [0.717, 1.165) is 18.7 Å². The van der Waals surface area contributed by atoms with Crippen molar-refractivity contribution in [3.63, 3.8) is 0 Å². The Morgan fingerprint density at radius 3 is 2.21 bits per heavy atom. The Balaban J connectivity index is 1.21. The van der Waals surface area contributed by atoms with E-state index in [-0.39, 0.29) is 11.6 Å². The highest BCUT2D eigenvalue weighted by atomic mass is 15.3. The summed E-state index contributed by atoms with van der Waals surface area (Å²) in [7, 11) is 0. The van der Waals surface area contributed by atoms with Gasteiger partial charge in [0, 0.05) is 32.8 Å². The summed E-state index contributed by atoms with van der Waals surface area (Å²) in [6.45, 7) is 4.81. The highest BCUT2D eigenvalue weighted by molar-refractivity contribution is 6.25. The van der Waals surface area contributed by atoms with E-state index in [1.165, 1.54) is 77.3 Å². The van der Waals surface area contributed by atoms with E-state index in [1.807, 2.05) is 0 Å². The minimum atomic E-state index is -0.127. The van der Waals surface area contributed by atoms with E-state index in [0.29, 0.717) is 0 Å². The van der Waals surface area contributed by atoms with Gasteiger partial charge in [-0.3, -0.25) is 0 Å². The fourth-order valence-electron chi connectivity index (χ4n) is 8.72. The summed E-state index contributed by atoms with van der Waals surface area (Å²) in [4.78, 5) is 0. The van der Waals surface area contributed by atoms with Crippen molar-refractivity contribution in [3.8, 4) is 16.8 Å². The zero-order chi connectivity index (χ0) is 32.0. The van der Waals surface area contributed by atoms with E-state index >= 15 is 0 Å². The summed E-state index contributed by atoms with van der Waals surface area (Å²) < 4.78 is 4.96. The van der Waals surface area contributed by atoms with E-state index < -0.39 is 0 Å². The summed E-state index contributed by atoms with van der Waals surface area (Å²) in [5, 5.41) is 9.07. The first-order valence-electron chi connectivity index (χ1n) is 17.1. The van der Waals surface area contributed by atoms with Crippen LogP contribution in [0.15, 0.2) is 151 Å². The second-order valence-corrected chi connectivity index (χ2v) is 13.9. The fourth-order valence-corrected chi connectivity index (χ4v) is 8.72. The summed E-state index contributed by atoms with van der Waals surface area (Å²) >= 11 is 0. The Morgan fingerprint density at radius 1 is 0.708 bits per heavy atom.